The first-order chi connectivity index (χ1) is 10.6. The molecule has 5 heteroatoms. The van der Waals surface area contributed by atoms with Gasteiger partial charge in [0.1, 0.15) is 5.75 Å². The van der Waals surface area contributed by atoms with E-state index in [1.165, 1.54) is 12.0 Å². The van der Waals surface area contributed by atoms with Gasteiger partial charge in [0.05, 0.1) is 5.69 Å². The van der Waals surface area contributed by atoms with Gasteiger partial charge in [0.25, 0.3) is 0 Å². The molecule has 0 spiro atoms. The maximum absolute atomic E-state index is 11.9. The Hall–Kier alpha value is -1.33. The number of anilines is 1. The number of hydrogen-bond acceptors (Lipinski definition) is 2. The smallest absolute Gasteiger partial charge is 0.410 e. The Kier molecular flexibility index (Phi) is 6.46. The monoisotopic (exact) mass is 425 g/mol. The molecule has 0 fully saturated rings. The lowest BCUT2D eigenvalue weighted by Crippen LogP contribution is -2.17. The van der Waals surface area contributed by atoms with Crippen LogP contribution in [0.15, 0.2) is 51.4 Å². The van der Waals surface area contributed by atoms with Crippen molar-refractivity contribution in [2.45, 2.75) is 26.2 Å². The van der Waals surface area contributed by atoms with Crippen molar-refractivity contribution in [3.05, 3.63) is 57.0 Å². The molecule has 0 aliphatic heterocycles. The van der Waals surface area contributed by atoms with E-state index in [9.17, 15) is 4.79 Å². The van der Waals surface area contributed by atoms with Crippen molar-refractivity contribution in [3.63, 3.8) is 0 Å². The standard InChI is InChI=1S/C17H17Br2NO2/c1-2-3-4-12-5-8-14(9-6-12)22-17(21)20-16-10-7-13(18)11-15(16)19/h5-11H,2-4H2,1H3,(H,20,21). The van der Waals surface area contributed by atoms with Crippen LogP contribution in [-0.2, 0) is 6.42 Å². The molecule has 0 aliphatic carbocycles. The summed E-state index contributed by atoms with van der Waals surface area (Å²) in [6.07, 6.45) is 2.87. The summed E-state index contributed by atoms with van der Waals surface area (Å²) >= 11 is 6.76. The van der Waals surface area contributed by atoms with E-state index < -0.39 is 6.09 Å². The molecule has 2 aromatic carbocycles. The van der Waals surface area contributed by atoms with Crippen LogP contribution in [0.5, 0.6) is 5.75 Å². The highest BCUT2D eigenvalue weighted by Gasteiger charge is 2.08. The summed E-state index contributed by atoms with van der Waals surface area (Å²) in [7, 11) is 0. The van der Waals surface area contributed by atoms with Gasteiger partial charge in [-0.3, -0.25) is 5.32 Å². The highest BCUT2D eigenvalue weighted by Crippen LogP contribution is 2.26. The molecular weight excluding hydrogens is 410 g/mol. The number of carbonyl (C=O) groups is 1. The van der Waals surface area contributed by atoms with Crippen molar-refractivity contribution < 1.29 is 9.53 Å². The topological polar surface area (TPSA) is 38.3 Å². The fourth-order valence-electron chi connectivity index (χ4n) is 1.94. The van der Waals surface area contributed by atoms with Gasteiger partial charge in [-0.25, -0.2) is 4.79 Å². The summed E-state index contributed by atoms with van der Waals surface area (Å²) in [6, 6.07) is 13.1. The highest BCUT2D eigenvalue weighted by molar-refractivity contribution is 9.11. The first-order valence-corrected chi connectivity index (χ1v) is 8.70. The van der Waals surface area contributed by atoms with E-state index in [4.69, 9.17) is 4.74 Å². The van der Waals surface area contributed by atoms with Gasteiger partial charge in [-0.2, -0.15) is 0 Å². The Balaban J connectivity index is 1.94. The lowest BCUT2D eigenvalue weighted by Gasteiger charge is -2.09. The second-order valence-electron chi connectivity index (χ2n) is 4.89. The van der Waals surface area contributed by atoms with E-state index in [0.29, 0.717) is 11.4 Å². The molecule has 2 rings (SSSR count). The Morgan fingerprint density at radius 1 is 1.14 bits per heavy atom. The number of ether oxygens (including phenoxy) is 1. The number of benzene rings is 2. The minimum atomic E-state index is -0.510. The van der Waals surface area contributed by atoms with Crippen LogP contribution in [0, 0.1) is 0 Å². The van der Waals surface area contributed by atoms with Gasteiger partial charge in [-0.1, -0.05) is 41.4 Å². The van der Waals surface area contributed by atoms with Crippen LogP contribution in [0.1, 0.15) is 25.3 Å². The van der Waals surface area contributed by atoms with Crippen molar-refractivity contribution in [2.24, 2.45) is 0 Å². The van der Waals surface area contributed by atoms with Crippen LogP contribution in [0.4, 0.5) is 10.5 Å². The van der Waals surface area contributed by atoms with Crippen molar-refractivity contribution in [1.82, 2.24) is 0 Å². The molecule has 0 atom stereocenters. The molecule has 0 aliphatic rings. The van der Waals surface area contributed by atoms with Crippen molar-refractivity contribution in [1.29, 1.82) is 0 Å². The summed E-state index contributed by atoms with van der Waals surface area (Å²) in [4.78, 5) is 11.9. The molecule has 3 nitrogen and oxygen atoms in total. The van der Waals surface area contributed by atoms with Gasteiger partial charge in [0.15, 0.2) is 0 Å². The largest absolute Gasteiger partial charge is 0.417 e. The quantitative estimate of drug-likeness (QED) is 0.621. The molecule has 0 aromatic heterocycles. The minimum Gasteiger partial charge on any atom is -0.410 e. The number of hydrogen-bond donors (Lipinski definition) is 1. The van der Waals surface area contributed by atoms with Gasteiger partial charge >= 0.3 is 6.09 Å². The minimum absolute atomic E-state index is 0.510. The third-order valence-electron chi connectivity index (χ3n) is 3.12. The second kappa shape index (κ2) is 8.34. The van der Waals surface area contributed by atoms with Crippen LogP contribution in [-0.4, -0.2) is 6.09 Å². The van der Waals surface area contributed by atoms with E-state index in [-0.39, 0.29) is 0 Å². The number of nitrogens with one attached hydrogen (secondary N) is 1. The molecule has 2 aromatic rings. The zero-order valence-electron chi connectivity index (χ0n) is 12.2. The Labute approximate surface area is 147 Å². The molecule has 0 heterocycles. The third-order valence-corrected chi connectivity index (χ3v) is 4.27. The first kappa shape index (κ1) is 17.0. The van der Waals surface area contributed by atoms with Crippen molar-refractivity contribution in [2.75, 3.05) is 5.32 Å². The van der Waals surface area contributed by atoms with Gasteiger partial charge in [-0.05, 0) is 64.7 Å². The Bertz CT molecular complexity index is 642. The predicted octanol–water partition coefficient (Wildman–Crippen LogP) is 6.17. The van der Waals surface area contributed by atoms with E-state index in [0.717, 1.165) is 21.8 Å². The van der Waals surface area contributed by atoms with Gasteiger partial charge in [0, 0.05) is 8.95 Å². The molecule has 0 bridgehead atoms. The predicted molar refractivity (Wildman–Crippen MR) is 96.5 cm³/mol. The molecule has 116 valence electrons. The number of carbonyl (C=O) groups excluding carboxylic acids is 1. The maximum Gasteiger partial charge on any atom is 0.417 e. The van der Waals surface area contributed by atoms with Crippen LogP contribution < -0.4 is 10.1 Å². The molecule has 0 saturated heterocycles. The number of rotatable bonds is 5. The maximum atomic E-state index is 11.9. The molecule has 1 amide bonds. The van der Waals surface area contributed by atoms with Crippen molar-refractivity contribution >= 4 is 43.6 Å². The van der Waals surface area contributed by atoms with Crippen LogP contribution in [0.25, 0.3) is 0 Å². The fourth-order valence-corrected chi connectivity index (χ4v) is 3.08. The normalized spacial score (nSPS) is 10.3. The molecule has 0 saturated carbocycles. The van der Waals surface area contributed by atoms with Gasteiger partial charge in [-0.15, -0.1) is 0 Å². The third kappa shape index (κ3) is 5.14. The van der Waals surface area contributed by atoms with E-state index in [1.54, 1.807) is 6.07 Å². The Morgan fingerprint density at radius 2 is 1.86 bits per heavy atom. The number of unbranched alkanes of at least 4 members (excludes halogenated alkanes) is 1. The average Bonchev–Trinajstić information content (AvgIpc) is 2.49. The average molecular weight is 427 g/mol. The van der Waals surface area contributed by atoms with E-state index in [1.807, 2.05) is 36.4 Å². The fraction of sp³-hybridized carbons (Fsp3) is 0.235. The van der Waals surface area contributed by atoms with E-state index >= 15 is 0 Å². The van der Waals surface area contributed by atoms with Crippen LogP contribution in [0.3, 0.4) is 0 Å². The summed E-state index contributed by atoms with van der Waals surface area (Å²) < 4.78 is 7.00. The van der Waals surface area contributed by atoms with Crippen LogP contribution in [0.2, 0.25) is 0 Å². The summed E-state index contributed by atoms with van der Waals surface area (Å²) in [5, 5.41) is 2.71. The van der Waals surface area contributed by atoms with Crippen molar-refractivity contribution in [3.8, 4) is 5.75 Å². The second-order valence-corrected chi connectivity index (χ2v) is 6.66. The number of aryl methyl sites for hydroxylation is 1. The van der Waals surface area contributed by atoms with E-state index in [2.05, 4.69) is 44.1 Å². The number of amides is 1. The molecule has 0 unspecified atom stereocenters. The molecular formula is C17H17Br2NO2. The molecule has 22 heavy (non-hydrogen) atoms. The first-order valence-electron chi connectivity index (χ1n) is 7.11. The molecule has 0 radical (unpaired) electrons. The molecule has 1 N–H and O–H groups in total. The summed E-state index contributed by atoms with van der Waals surface area (Å²) in [5.41, 5.74) is 1.91. The number of halogens is 2. The zero-order valence-corrected chi connectivity index (χ0v) is 15.4. The van der Waals surface area contributed by atoms with Gasteiger partial charge < -0.3 is 4.74 Å². The lowest BCUT2D eigenvalue weighted by atomic mass is 10.1. The van der Waals surface area contributed by atoms with Crippen LogP contribution >= 0.6 is 31.9 Å². The summed E-state index contributed by atoms with van der Waals surface area (Å²) in [5.74, 6) is 0.533. The SMILES string of the molecule is CCCCc1ccc(OC(=O)Nc2ccc(Br)cc2Br)cc1. The highest BCUT2D eigenvalue weighted by atomic mass is 79.9. The Morgan fingerprint density at radius 3 is 2.50 bits per heavy atom. The lowest BCUT2D eigenvalue weighted by molar-refractivity contribution is 0.215. The summed E-state index contributed by atoms with van der Waals surface area (Å²) in [6.45, 7) is 2.17. The zero-order chi connectivity index (χ0) is 15.9. The van der Waals surface area contributed by atoms with Gasteiger partial charge in [0.2, 0.25) is 0 Å².